The van der Waals surface area contributed by atoms with Gasteiger partial charge in [-0.25, -0.2) is 0 Å². The Kier molecular flexibility index (Phi) is 3.92. The largest absolute Gasteiger partial charge is 0.350 e. The van der Waals surface area contributed by atoms with Gasteiger partial charge in [0.05, 0.1) is 17.8 Å². The van der Waals surface area contributed by atoms with Crippen molar-refractivity contribution in [2.45, 2.75) is 31.5 Å². The Hall–Kier alpha value is -2.07. The summed E-state index contributed by atoms with van der Waals surface area (Å²) < 4.78 is 0. The summed E-state index contributed by atoms with van der Waals surface area (Å²) in [5.41, 5.74) is 2.10. The van der Waals surface area contributed by atoms with Crippen LogP contribution >= 0.6 is 0 Å². The molecule has 2 fully saturated rings. The third-order valence-corrected chi connectivity index (χ3v) is 5.02. The predicted molar refractivity (Wildman–Crippen MR) is 90.5 cm³/mol. The molecule has 0 aliphatic carbocycles. The standard InChI is InChI=1S/C19H23N3O/c23-19(21-11-5-2-6-12-21)16-9-10-18-20-13-17(22(18)14-16)15-7-3-1-4-8-15/h1,3-4,7-10,14,17-18,20H,2,5-6,11-13H2. The molecular weight excluding hydrogens is 286 g/mol. The van der Waals surface area contributed by atoms with Gasteiger partial charge in [-0.2, -0.15) is 0 Å². The molecule has 3 heterocycles. The summed E-state index contributed by atoms with van der Waals surface area (Å²) in [6.07, 6.45) is 9.84. The molecule has 1 N–H and O–H groups in total. The minimum absolute atomic E-state index is 0.179. The van der Waals surface area contributed by atoms with Crippen molar-refractivity contribution in [1.29, 1.82) is 0 Å². The molecule has 3 aliphatic heterocycles. The smallest absolute Gasteiger partial charge is 0.255 e. The first-order valence-electron chi connectivity index (χ1n) is 8.58. The van der Waals surface area contributed by atoms with Crippen LogP contribution in [0.5, 0.6) is 0 Å². The van der Waals surface area contributed by atoms with Gasteiger partial charge < -0.3 is 9.80 Å². The van der Waals surface area contributed by atoms with Gasteiger partial charge >= 0.3 is 0 Å². The number of carbonyl (C=O) groups is 1. The number of hydrogen-bond donors (Lipinski definition) is 1. The van der Waals surface area contributed by atoms with Gasteiger partial charge in [0.25, 0.3) is 5.91 Å². The number of carbonyl (C=O) groups excluding carboxylic acids is 1. The summed E-state index contributed by atoms with van der Waals surface area (Å²) in [4.78, 5) is 17.0. The van der Waals surface area contributed by atoms with E-state index in [1.165, 1.54) is 12.0 Å². The Morgan fingerprint density at radius 3 is 2.65 bits per heavy atom. The van der Waals surface area contributed by atoms with Gasteiger partial charge in [-0.1, -0.05) is 30.3 Å². The van der Waals surface area contributed by atoms with Crippen molar-refractivity contribution < 1.29 is 4.79 Å². The van der Waals surface area contributed by atoms with Crippen LogP contribution in [0.15, 0.2) is 54.3 Å². The zero-order valence-corrected chi connectivity index (χ0v) is 13.3. The molecule has 120 valence electrons. The number of fused-ring (bicyclic) bond motifs is 1. The number of likely N-dealkylation sites (tertiary alicyclic amines) is 1. The zero-order chi connectivity index (χ0) is 15.6. The van der Waals surface area contributed by atoms with Gasteiger partial charge in [-0.3, -0.25) is 10.1 Å². The first-order valence-corrected chi connectivity index (χ1v) is 8.58. The molecule has 4 heteroatoms. The lowest BCUT2D eigenvalue weighted by Crippen LogP contribution is -2.39. The van der Waals surface area contributed by atoms with E-state index in [-0.39, 0.29) is 18.1 Å². The van der Waals surface area contributed by atoms with Crippen LogP contribution in [0.1, 0.15) is 30.9 Å². The molecule has 2 saturated heterocycles. The highest BCUT2D eigenvalue weighted by Gasteiger charge is 2.33. The SMILES string of the molecule is O=C(C1=CN2C(C=C1)NCC2c1ccccc1)N1CCCCC1. The Labute approximate surface area is 137 Å². The molecule has 4 nitrogen and oxygen atoms in total. The van der Waals surface area contributed by atoms with Crippen LogP contribution < -0.4 is 5.32 Å². The number of amides is 1. The second-order valence-electron chi connectivity index (χ2n) is 6.52. The van der Waals surface area contributed by atoms with Gasteiger partial charge in [-0.05, 0) is 37.0 Å². The van der Waals surface area contributed by atoms with Gasteiger partial charge in [0.2, 0.25) is 0 Å². The molecule has 0 spiro atoms. The first kappa shape index (κ1) is 14.5. The molecule has 0 saturated carbocycles. The lowest BCUT2D eigenvalue weighted by molar-refractivity contribution is -0.127. The highest BCUT2D eigenvalue weighted by atomic mass is 16.2. The molecule has 23 heavy (non-hydrogen) atoms. The molecule has 1 aromatic rings. The Morgan fingerprint density at radius 2 is 1.87 bits per heavy atom. The van der Waals surface area contributed by atoms with Crippen molar-refractivity contribution in [3.05, 3.63) is 59.8 Å². The molecule has 0 radical (unpaired) electrons. The minimum Gasteiger partial charge on any atom is -0.350 e. The maximum atomic E-state index is 12.7. The Morgan fingerprint density at radius 1 is 1.09 bits per heavy atom. The monoisotopic (exact) mass is 309 g/mol. The van der Waals surface area contributed by atoms with Gasteiger partial charge in [-0.15, -0.1) is 0 Å². The number of hydrogen-bond acceptors (Lipinski definition) is 3. The van der Waals surface area contributed by atoms with Crippen LogP contribution in [0.25, 0.3) is 0 Å². The quantitative estimate of drug-likeness (QED) is 0.911. The second-order valence-corrected chi connectivity index (χ2v) is 6.52. The third kappa shape index (κ3) is 2.79. The fraction of sp³-hybridized carbons (Fsp3) is 0.421. The average molecular weight is 309 g/mol. The van der Waals surface area contributed by atoms with Crippen molar-refractivity contribution in [2.75, 3.05) is 19.6 Å². The second kappa shape index (κ2) is 6.20. The van der Waals surface area contributed by atoms with E-state index < -0.39 is 0 Å². The maximum absolute atomic E-state index is 12.7. The van der Waals surface area contributed by atoms with Gasteiger partial charge in [0.15, 0.2) is 0 Å². The average Bonchev–Trinajstić information content (AvgIpc) is 3.05. The van der Waals surface area contributed by atoms with Crippen LogP contribution in [-0.4, -0.2) is 41.5 Å². The van der Waals surface area contributed by atoms with Crippen LogP contribution in [0.3, 0.4) is 0 Å². The van der Waals surface area contributed by atoms with Crippen molar-refractivity contribution in [2.24, 2.45) is 0 Å². The molecule has 1 aromatic carbocycles. The van der Waals surface area contributed by atoms with E-state index in [1.54, 1.807) is 0 Å². The van der Waals surface area contributed by atoms with Crippen molar-refractivity contribution >= 4 is 5.91 Å². The number of nitrogens with one attached hydrogen (secondary N) is 1. The molecule has 0 aromatic heterocycles. The molecular formula is C19H23N3O. The van der Waals surface area contributed by atoms with E-state index in [4.69, 9.17) is 0 Å². The lowest BCUT2D eigenvalue weighted by Gasteiger charge is -2.32. The van der Waals surface area contributed by atoms with Crippen molar-refractivity contribution in [1.82, 2.24) is 15.1 Å². The summed E-state index contributed by atoms with van der Waals surface area (Å²) >= 11 is 0. The van der Waals surface area contributed by atoms with Crippen LogP contribution in [-0.2, 0) is 4.79 Å². The Balaban J connectivity index is 1.56. The number of rotatable bonds is 2. The number of nitrogens with zero attached hydrogens (tertiary/aromatic N) is 2. The van der Waals surface area contributed by atoms with Crippen molar-refractivity contribution in [3.8, 4) is 0 Å². The van der Waals surface area contributed by atoms with E-state index in [2.05, 4.69) is 46.8 Å². The summed E-state index contributed by atoms with van der Waals surface area (Å²) in [5, 5.41) is 3.52. The maximum Gasteiger partial charge on any atom is 0.255 e. The van der Waals surface area contributed by atoms with E-state index in [0.717, 1.165) is 38.0 Å². The summed E-state index contributed by atoms with van der Waals surface area (Å²) in [6.45, 7) is 2.70. The normalized spacial score (nSPS) is 26.9. The fourth-order valence-corrected chi connectivity index (χ4v) is 3.74. The van der Waals surface area contributed by atoms with Gasteiger partial charge in [0, 0.05) is 25.8 Å². The summed E-state index contributed by atoms with van der Waals surface area (Å²) in [6, 6.07) is 10.8. The molecule has 2 unspecified atom stereocenters. The minimum atomic E-state index is 0.179. The van der Waals surface area contributed by atoms with Crippen LogP contribution in [0.2, 0.25) is 0 Å². The van der Waals surface area contributed by atoms with E-state index in [1.807, 2.05) is 17.0 Å². The summed E-state index contributed by atoms with van der Waals surface area (Å²) in [5.74, 6) is 0.179. The molecule has 3 aliphatic rings. The van der Waals surface area contributed by atoms with Crippen LogP contribution in [0, 0.1) is 0 Å². The topological polar surface area (TPSA) is 35.6 Å². The highest BCUT2D eigenvalue weighted by Crippen LogP contribution is 2.31. The van der Waals surface area contributed by atoms with E-state index in [0.29, 0.717) is 0 Å². The fourth-order valence-electron chi connectivity index (χ4n) is 3.74. The highest BCUT2D eigenvalue weighted by molar-refractivity contribution is 5.96. The Bertz CT molecular complexity index is 631. The third-order valence-electron chi connectivity index (χ3n) is 5.02. The number of piperidine rings is 1. The predicted octanol–water partition coefficient (Wildman–Crippen LogP) is 2.43. The van der Waals surface area contributed by atoms with Crippen molar-refractivity contribution in [3.63, 3.8) is 0 Å². The molecule has 4 rings (SSSR count). The number of benzene rings is 1. The van der Waals surface area contributed by atoms with E-state index in [9.17, 15) is 4.79 Å². The molecule has 1 amide bonds. The first-order chi connectivity index (χ1) is 11.3. The summed E-state index contributed by atoms with van der Waals surface area (Å²) in [7, 11) is 0. The molecule has 0 bridgehead atoms. The van der Waals surface area contributed by atoms with Crippen LogP contribution in [0.4, 0.5) is 0 Å². The lowest BCUT2D eigenvalue weighted by atomic mass is 10.0. The molecule has 2 atom stereocenters. The van der Waals surface area contributed by atoms with E-state index >= 15 is 0 Å². The zero-order valence-electron chi connectivity index (χ0n) is 13.3. The van der Waals surface area contributed by atoms with Gasteiger partial charge in [0.1, 0.15) is 0 Å².